The zero-order valence-corrected chi connectivity index (χ0v) is 11.6. The Bertz CT molecular complexity index is 311. The molecule has 1 atom stereocenters. The topological polar surface area (TPSA) is 47.3 Å². The SMILES string of the molecule is CCCCOc1ccc(C(CCCC)NN)cc1. The van der Waals surface area contributed by atoms with Crippen LogP contribution < -0.4 is 16.0 Å². The number of rotatable bonds is 9. The van der Waals surface area contributed by atoms with Gasteiger partial charge < -0.3 is 4.74 Å². The predicted molar refractivity (Wildman–Crippen MR) is 76.4 cm³/mol. The molecule has 0 aliphatic rings. The van der Waals surface area contributed by atoms with Crippen LogP contribution in [0.2, 0.25) is 0 Å². The molecule has 0 aliphatic heterocycles. The van der Waals surface area contributed by atoms with Gasteiger partial charge in [0.1, 0.15) is 5.75 Å². The highest BCUT2D eigenvalue weighted by Crippen LogP contribution is 2.21. The van der Waals surface area contributed by atoms with E-state index in [4.69, 9.17) is 10.6 Å². The molecule has 1 aromatic carbocycles. The maximum Gasteiger partial charge on any atom is 0.119 e. The Morgan fingerprint density at radius 3 is 2.33 bits per heavy atom. The van der Waals surface area contributed by atoms with E-state index < -0.39 is 0 Å². The average Bonchev–Trinajstić information content (AvgIpc) is 2.41. The van der Waals surface area contributed by atoms with Crippen molar-refractivity contribution in [1.29, 1.82) is 0 Å². The number of hydrogen-bond acceptors (Lipinski definition) is 3. The molecule has 102 valence electrons. The van der Waals surface area contributed by atoms with Gasteiger partial charge in [0.15, 0.2) is 0 Å². The van der Waals surface area contributed by atoms with Crippen molar-refractivity contribution in [2.45, 2.75) is 52.0 Å². The van der Waals surface area contributed by atoms with Gasteiger partial charge in [0.05, 0.1) is 6.61 Å². The van der Waals surface area contributed by atoms with Crippen LogP contribution in [-0.4, -0.2) is 6.61 Å². The molecule has 0 heterocycles. The summed E-state index contributed by atoms with van der Waals surface area (Å²) < 4.78 is 5.64. The van der Waals surface area contributed by atoms with Crippen LogP contribution in [0.3, 0.4) is 0 Å². The van der Waals surface area contributed by atoms with Crippen molar-refractivity contribution in [3.8, 4) is 5.75 Å². The molecule has 0 bridgehead atoms. The minimum atomic E-state index is 0.245. The Hall–Kier alpha value is -1.06. The van der Waals surface area contributed by atoms with Crippen LogP contribution in [-0.2, 0) is 0 Å². The van der Waals surface area contributed by atoms with Gasteiger partial charge in [-0.2, -0.15) is 0 Å². The van der Waals surface area contributed by atoms with E-state index in [1.54, 1.807) is 0 Å². The molecule has 0 amide bonds. The summed E-state index contributed by atoms with van der Waals surface area (Å²) in [4.78, 5) is 0. The first-order valence-electron chi connectivity index (χ1n) is 7.00. The lowest BCUT2D eigenvalue weighted by molar-refractivity contribution is 0.309. The van der Waals surface area contributed by atoms with Crippen molar-refractivity contribution in [3.05, 3.63) is 29.8 Å². The van der Waals surface area contributed by atoms with Gasteiger partial charge in [-0.3, -0.25) is 11.3 Å². The fraction of sp³-hybridized carbons (Fsp3) is 0.600. The summed E-state index contributed by atoms with van der Waals surface area (Å²) in [6, 6.07) is 8.50. The lowest BCUT2D eigenvalue weighted by Crippen LogP contribution is -2.27. The van der Waals surface area contributed by atoms with Gasteiger partial charge in [-0.05, 0) is 30.5 Å². The largest absolute Gasteiger partial charge is 0.494 e. The quantitative estimate of drug-likeness (QED) is 0.400. The fourth-order valence-electron chi connectivity index (χ4n) is 1.89. The van der Waals surface area contributed by atoms with Crippen molar-refractivity contribution in [3.63, 3.8) is 0 Å². The molecule has 0 saturated carbocycles. The number of unbranched alkanes of at least 4 members (excludes halogenated alkanes) is 2. The first kappa shape index (κ1) is 15.0. The minimum Gasteiger partial charge on any atom is -0.494 e. The molecule has 0 radical (unpaired) electrons. The molecular weight excluding hydrogens is 224 g/mol. The molecule has 0 fully saturated rings. The molecule has 0 saturated heterocycles. The van der Waals surface area contributed by atoms with E-state index in [9.17, 15) is 0 Å². The van der Waals surface area contributed by atoms with Crippen LogP contribution in [0, 0.1) is 0 Å². The average molecular weight is 250 g/mol. The second kappa shape index (κ2) is 8.95. The van der Waals surface area contributed by atoms with Crippen LogP contribution in [0.15, 0.2) is 24.3 Å². The Labute approximate surface area is 111 Å². The maximum atomic E-state index is 5.64. The highest BCUT2D eigenvalue weighted by atomic mass is 16.5. The zero-order valence-electron chi connectivity index (χ0n) is 11.6. The Balaban J connectivity index is 2.51. The van der Waals surface area contributed by atoms with Crippen LogP contribution in [0.25, 0.3) is 0 Å². The van der Waals surface area contributed by atoms with Gasteiger partial charge >= 0.3 is 0 Å². The molecule has 0 aromatic heterocycles. The molecule has 1 aromatic rings. The van der Waals surface area contributed by atoms with Crippen molar-refractivity contribution in [2.75, 3.05) is 6.61 Å². The monoisotopic (exact) mass is 250 g/mol. The van der Waals surface area contributed by atoms with E-state index in [0.717, 1.165) is 31.6 Å². The highest BCUT2D eigenvalue weighted by Gasteiger charge is 2.08. The van der Waals surface area contributed by atoms with E-state index in [1.165, 1.54) is 18.4 Å². The van der Waals surface area contributed by atoms with Gasteiger partial charge in [0.25, 0.3) is 0 Å². The minimum absolute atomic E-state index is 0.245. The van der Waals surface area contributed by atoms with E-state index >= 15 is 0 Å². The lowest BCUT2D eigenvalue weighted by Gasteiger charge is -2.16. The first-order valence-corrected chi connectivity index (χ1v) is 7.00. The number of hydrogen-bond donors (Lipinski definition) is 2. The van der Waals surface area contributed by atoms with E-state index in [2.05, 4.69) is 31.4 Å². The number of nitrogens with two attached hydrogens (primary N) is 1. The Morgan fingerprint density at radius 1 is 1.11 bits per heavy atom. The summed E-state index contributed by atoms with van der Waals surface area (Å²) in [5, 5.41) is 0. The summed E-state index contributed by atoms with van der Waals surface area (Å²) in [5.74, 6) is 6.54. The standard InChI is InChI=1S/C15H26N2O/c1-3-5-7-15(17-16)13-8-10-14(11-9-13)18-12-6-4-2/h8-11,15,17H,3-7,12,16H2,1-2H3. The zero-order chi connectivity index (χ0) is 13.2. The molecule has 3 N–H and O–H groups in total. The third-order valence-corrected chi connectivity index (χ3v) is 3.10. The maximum absolute atomic E-state index is 5.64. The van der Waals surface area contributed by atoms with Gasteiger partial charge in [-0.15, -0.1) is 0 Å². The van der Waals surface area contributed by atoms with Crippen molar-refractivity contribution >= 4 is 0 Å². The molecule has 3 nitrogen and oxygen atoms in total. The van der Waals surface area contributed by atoms with E-state index in [0.29, 0.717) is 0 Å². The predicted octanol–water partition coefficient (Wildman–Crippen LogP) is 3.56. The molecular formula is C15H26N2O. The van der Waals surface area contributed by atoms with Gasteiger partial charge in [0, 0.05) is 6.04 Å². The van der Waals surface area contributed by atoms with Crippen LogP contribution >= 0.6 is 0 Å². The summed E-state index contributed by atoms with van der Waals surface area (Å²) in [6.45, 7) is 5.15. The van der Waals surface area contributed by atoms with Gasteiger partial charge in [-0.25, -0.2) is 0 Å². The number of nitrogens with one attached hydrogen (secondary N) is 1. The van der Waals surface area contributed by atoms with E-state index in [-0.39, 0.29) is 6.04 Å². The molecule has 0 spiro atoms. The number of benzene rings is 1. The van der Waals surface area contributed by atoms with Crippen molar-refractivity contribution < 1.29 is 4.74 Å². The van der Waals surface area contributed by atoms with Crippen LogP contribution in [0.5, 0.6) is 5.75 Å². The molecule has 3 heteroatoms. The number of hydrazine groups is 1. The molecule has 18 heavy (non-hydrogen) atoms. The van der Waals surface area contributed by atoms with Crippen LogP contribution in [0.4, 0.5) is 0 Å². The second-order valence-corrected chi connectivity index (χ2v) is 4.63. The fourth-order valence-corrected chi connectivity index (χ4v) is 1.89. The normalized spacial score (nSPS) is 12.4. The van der Waals surface area contributed by atoms with Gasteiger partial charge in [-0.1, -0.05) is 45.2 Å². The van der Waals surface area contributed by atoms with Crippen molar-refractivity contribution in [1.82, 2.24) is 5.43 Å². The third kappa shape index (κ3) is 5.07. The third-order valence-electron chi connectivity index (χ3n) is 3.10. The second-order valence-electron chi connectivity index (χ2n) is 4.63. The number of ether oxygens (including phenoxy) is 1. The summed E-state index contributed by atoms with van der Waals surface area (Å²) in [5.41, 5.74) is 4.11. The Morgan fingerprint density at radius 2 is 1.78 bits per heavy atom. The molecule has 0 aliphatic carbocycles. The Kier molecular flexibility index (Phi) is 7.46. The lowest BCUT2D eigenvalue weighted by atomic mass is 10.0. The van der Waals surface area contributed by atoms with Gasteiger partial charge in [0.2, 0.25) is 0 Å². The summed E-state index contributed by atoms with van der Waals surface area (Å²) in [7, 11) is 0. The smallest absolute Gasteiger partial charge is 0.119 e. The highest BCUT2D eigenvalue weighted by molar-refractivity contribution is 5.29. The van der Waals surface area contributed by atoms with E-state index in [1.807, 2.05) is 12.1 Å². The van der Waals surface area contributed by atoms with Crippen molar-refractivity contribution in [2.24, 2.45) is 5.84 Å². The first-order chi connectivity index (χ1) is 8.81. The van der Waals surface area contributed by atoms with Crippen LogP contribution in [0.1, 0.15) is 57.6 Å². The summed E-state index contributed by atoms with van der Waals surface area (Å²) >= 11 is 0. The molecule has 1 rings (SSSR count). The molecule has 1 unspecified atom stereocenters. The summed E-state index contributed by atoms with van der Waals surface area (Å²) in [6.07, 6.45) is 5.71.